The van der Waals surface area contributed by atoms with E-state index in [2.05, 4.69) is 9.44 Å². The van der Waals surface area contributed by atoms with Gasteiger partial charge in [-0.3, -0.25) is 0 Å². The smallest absolute Gasteiger partial charge is 0.335 e. The minimum Gasteiger partial charge on any atom is -0.492 e. The van der Waals surface area contributed by atoms with Gasteiger partial charge < -0.3 is 19.7 Å². The van der Waals surface area contributed by atoms with Crippen molar-refractivity contribution in [2.75, 3.05) is 26.3 Å². The van der Waals surface area contributed by atoms with Crippen LogP contribution >= 0.6 is 0 Å². The van der Waals surface area contributed by atoms with Gasteiger partial charge in [0.1, 0.15) is 24.7 Å². The predicted molar refractivity (Wildman–Crippen MR) is 135 cm³/mol. The van der Waals surface area contributed by atoms with Crippen LogP contribution in [0.15, 0.2) is 82.6 Å². The van der Waals surface area contributed by atoms with Gasteiger partial charge in [-0.25, -0.2) is 35.9 Å². The molecule has 0 radical (unpaired) electrons. The number of rotatable bonds is 14. The van der Waals surface area contributed by atoms with Crippen molar-refractivity contribution in [3.63, 3.8) is 0 Å². The van der Waals surface area contributed by atoms with Crippen LogP contribution in [0.5, 0.6) is 11.5 Å². The van der Waals surface area contributed by atoms with Crippen molar-refractivity contribution in [1.82, 2.24) is 9.44 Å². The van der Waals surface area contributed by atoms with Gasteiger partial charge in [0.05, 0.1) is 20.9 Å². The fraction of sp³-hybridized carbons (Fsp3) is 0.167. The summed E-state index contributed by atoms with van der Waals surface area (Å²) in [5.74, 6) is -1.70. The van der Waals surface area contributed by atoms with Gasteiger partial charge >= 0.3 is 11.9 Å². The average molecular weight is 565 g/mol. The molecule has 0 aliphatic heterocycles. The monoisotopic (exact) mass is 564 g/mol. The minimum absolute atomic E-state index is 0.0330. The Labute approximate surface area is 218 Å². The highest BCUT2D eigenvalue weighted by Crippen LogP contribution is 2.16. The summed E-state index contributed by atoms with van der Waals surface area (Å²) >= 11 is 0. The number of carboxylic acids is 2. The van der Waals surface area contributed by atoms with Crippen molar-refractivity contribution in [3.8, 4) is 11.5 Å². The zero-order valence-electron chi connectivity index (χ0n) is 19.7. The summed E-state index contributed by atoms with van der Waals surface area (Å²) in [7, 11) is -7.92. The average Bonchev–Trinajstić information content (AvgIpc) is 2.89. The molecule has 0 spiro atoms. The van der Waals surface area contributed by atoms with Crippen molar-refractivity contribution in [2.45, 2.75) is 9.79 Å². The van der Waals surface area contributed by atoms with Crippen LogP contribution in [0, 0.1) is 0 Å². The van der Waals surface area contributed by atoms with Crippen LogP contribution in [0.1, 0.15) is 20.7 Å². The quantitative estimate of drug-likeness (QED) is 0.210. The largest absolute Gasteiger partial charge is 0.492 e. The molecule has 0 saturated heterocycles. The van der Waals surface area contributed by atoms with Crippen LogP contribution in [0.4, 0.5) is 0 Å². The summed E-state index contributed by atoms with van der Waals surface area (Å²) in [6.45, 7) is -0.365. The molecule has 0 heterocycles. The van der Waals surface area contributed by atoms with Crippen molar-refractivity contribution < 1.29 is 46.1 Å². The van der Waals surface area contributed by atoms with E-state index in [1.807, 2.05) is 0 Å². The highest BCUT2D eigenvalue weighted by atomic mass is 32.2. The van der Waals surface area contributed by atoms with E-state index >= 15 is 0 Å². The fourth-order valence-corrected chi connectivity index (χ4v) is 5.12. The van der Waals surface area contributed by atoms with Crippen LogP contribution in [-0.4, -0.2) is 65.3 Å². The molecule has 202 valence electrons. The lowest BCUT2D eigenvalue weighted by Gasteiger charge is -2.11. The second-order valence-electron chi connectivity index (χ2n) is 7.63. The standard InChI is InChI=1S/C24H24N2O10S2/c27-23(28)17-3-1-5-19(15-17)35-13-11-25-37(31,32)21-7-9-22(10-8-21)38(33,34)26-12-14-36-20-6-2-4-18(16-20)24(29)30/h1-10,15-16,25-26H,11-14H2,(H,27,28)(H,29,30). The highest BCUT2D eigenvalue weighted by molar-refractivity contribution is 7.90. The van der Waals surface area contributed by atoms with Crippen LogP contribution < -0.4 is 18.9 Å². The Morgan fingerprint density at radius 2 is 1.00 bits per heavy atom. The third-order valence-electron chi connectivity index (χ3n) is 4.93. The van der Waals surface area contributed by atoms with Crippen LogP contribution in [0.25, 0.3) is 0 Å². The summed E-state index contributed by atoms with van der Waals surface area (Å²) in [4.78, 5) is 21.7. The van der Waals surface area contributed by atoms with Gasteiger partial charge in [-0.1, -0.05) is 12.1 Å². The number of sulfonamides is 2. The van der Waals surface area contributed by atoms with E-state index in [1.54, 1.807) is 0 Å². The van der Waals surface area contributed by atoms with Gasteiger partial charge in [0.25, 0.3) is 0 Å². The van der Waals surface area contributed by atoms with Crippen LogP contribution in [-0.2, 0) is 20.0 Å². The summed E-state index contributed by atoms with van der Waals surface area (Å²) < 4.78 is 65.4. The first-order valence-electron chi connectivity index (χ1n) is 11.0. The third-order valence-corrected chi connectivity index (χ3v) is 7.89. The molecule has 4 N–H and O–H groups in total. The van der Waals surface area contributed by atoms with Crippen molar-refractivity contribution in [3.05, 3.63) is 83.9 Å². The van der Waals surface area contributed by atoms with Crippen LogP contribution in [0.2, 0.25) is 0 Å². The summed E-state index contributed by atoms with van der Waals surface area (Å²) in [6, 6.07) is 16.1. The zero-order valence-corrected chi connectivity index (χ0v) is 21.4. The minimum atomic E-state index is -3.96. The van der Waals surface area contributed by atoms with E-state index in [0.717, 1.165) is 24.3 Å². The molecule has 0 aromatic heterocycles. The molecule has 3 aromatic carbocycles. The van der Waals surface area contributed by atoms with Gasteiger partial charge in [0.15, 0.2) is 0 Å². The molecular weight excluding hydrogens is 540 g/mol. The van der Waals surface area contributed by atoms with Crippen molar-refractivity contribution in [1.29, 1.82) is 0 Å². The van der Waals surface area contributed by atoms with Crippen LogP contribution in [0.3, 0.4) is 0 Å². The normalized spacial score (nSPS) is 11.6. The van der Waals surface area contributed by atoms with E-state index in [1.165, 1.54) is 48.5 Å². The van der Waals surface area contributed by atoms with E-state index < -0.39 is 32.0 Å². The molecule has 0 aliphatic rings. The molecule has 12 nitrogen and oxygen atoms in total. The number of benzene rings is 3. The first-order valence-corrected chi connectivity index (χ1v) is 14.0. The molecule has 0 bridgehead atoms. The zero-order chi connectivity index (χ0) is 27.8. The van der Waals surface area contributed by atoms with E-state index in [9.17, 15) is 26.4 Å². The number of hydrogen-bond donors (Lipinski definition) is 4. The number of nitrogens with one attached hydrogen (secondary N) is 2. The topological polar surface area (TPSA) is 185 Å². The summed E-state index contributed by atoms with van der Waals surface area (Å²) in [5, 5.41) is 18.0. The van der Waals surface area contributed by atoms with E-state index in [4.69, 9.17) is 19.7 Å². The lowest BCUT2D eigenvalue weighted by molar-refractivity contribution is 0.0685. The van der Waals surface area contributed by atoms with Gasteiger partial charge in [-0.15, -0.1) is 0 Å². The van der Waals surface area contributed by atoms with Gasteiger partial charge in [0, 0.05) is 13.1 Å². The summed E-state index contributed by atoms with van der Waals surface area (Å²) in [5.41, 5.74) is 0.0660. The molecule has 0 amide bonds. The molecule has 0 saturated carbocycles. The van der Waals surface area contributed by atoms with Crippen molar-refractivity contribution >= 4 is 32.0 Å². The molecule has 3 rings (SSSR count). The second kappa shape index (κ2) is 12.5. The molecule has 0 atom stereocenters. The lowest BCUT2D eigenvalue weighted by atomic mass is 10.2. The Balaban J connectivity index is 1.49. The number of aromatic carboxylic acids is 2. The Bertz CT molecular complexity index is 1390. The Morgan fingerprint density at radius 3 is 1.34 bits per heavy atom. The fourth-order valence-electron chi connectivity index (χ4n) is 3.09. The Hall–Kier alpha value is -3.98. The van der Waals surface area contributed by atoms with Gasteiger partial charge in [0.2, 0.25) is 20.0 Å². The first kappa shape index (κ1) is 28.6. The number of carboxylic acid groups (broad SMARTS) is 2. The molecule has 0 unspecified atom stereocenters. The van der Waals surface area contributed by atoms with E-state index in [-0.39, 0.29) is 58.7 Å². The van der Waals surface area contributed by atoms with Gasteiger partial charge in [-0.2, -0.15) is 0 Å². The van der Waals surface area contributed by atoms with Gasteiger partial charge in [-0.05, 0) is 60.7 Å². The Kier molecular flexibility index (Phi) is 9.41. The summed E-state index contributed by atoms with van der Waals surface area (Å²) in [6.07, 6.45) is 0. The predicted octanol–water partition coefficient (Wildman–Crippen LogP) is 1.80. The third kappa shape index (κ3) is 8.01. The molecule has 0 aliphatic carbocycles. The maximum atomic E-state index is 12.5. The lowest BCUT2D eigenvalue weighted by Crippen LogP contribution is -2.29. The maximum Gasteiger partial charge on any atom is 0.335 e. The first-order chi connectivity index (χ1) is 18.0. The molecular formula is C24H24N2O10S2. The molecule has 38 heavy (non-hydrogen) atoms. The molecule has 14 heteroatoms. The second-order valence-corrected chi connectivity index (χ2v) is 11.2. The number of ether oxygens (including phenoxy) is 2. The SMILES string of the molecule is O=C(O)c1cccc(OCCNS(=O)(=O)c2ccc(S(=O)(=O)NCCOc3cccc(C(=O)O)c3)cc2)c1. The van der Waals surface area contributed by atoms with E-state index in [0.29, 0.717) is 0 Å². The number of carbonyl (C=O) groups is 2. The molecule has 3 aromatic rings. The van der Waals surface area contributed by atoms with Crippen molar-refractivity contribution in [2.24, 2.45) is 0 Å². The molecule has 0 fully saturated rings. The highest BCUT2D eigenvalue weighted by Gasteiger charge is 2.18. The maximum absolute atomic E-state index is 12.5. The number of hydrogen-bond acceptors (Lipinski definition) is 8. The Morgan fingerprint density at radius 1 is 0.632 bits per heavy atom.